The number of rotatable bonds is 11. The lowest BCUT2D eigenvalue weighted by atomic mass is 9.93. The van der Waals surface area contributed by atoms with Crippen LogP contribution in [0, 0.1) is 13.8 Å². The Kier molecular flexibility index (Phi) is 9.93. The minimum Gasteiger partial charge on any atom is -0.480 e. The largest absolute Gasteiger partial charge is 0.480 e. The molecule has 3 aromatic carbocycles. The fourth-order valence-corrected chi connectivity index (χ4v) is 7.61. The van der Waals surface area contributed by atoms with E-state index in [9.17, 15) is 18.7 Å². The zero-order chi connectivity index (χ0) is 37.3. The van der Waals surface area contributed by atoms with Gasteiger partial charge in [0, 0.05) is 66.8 Å². The van der Waals surface area contributed by atoms with Crippen molar-refractivity contribution < 1.29 is 32.6 Å². The molecule has 2 saturated heterocycles. The van der Waals surface area contributed by atoms with Gasteiger partial charge in [0.2, 0.25) is 5.89 Å². The number of nitrogens with one attached hydrogen (secondary N) is 1. The number of pyridine rings is 2. The molecule has 0 radical (unpaired) electrons. The van der Waals surface area contributed by atoms with Crippen molar-refractivity contribution in [3.8, 4) is 28.3 Å². The lowest BCUT2D eigenvalue weighted by Gasteiger charge is -2.26. The fourth-order valence-electron chi connectivity index (χ4n) is 7.61. The Balaban J connectivity index is 1.08. The molecule has 3 aromatic heterocycles. The van der Waals surface area contributed by atoms with Gasteiger partial charge in [0.15, 0.2) is 11.4 Å². The highest BCUT2D eigenvalue weighted by molar-refractivity contribution is 5.91. The number of likely N-dealkylation sites (tertiary alicyclic amines) is 1. The highest BCUT2D eigenvalue weighted by atomic mass is 19.3. The predicted molar refractivity (Wildman–Crippen MR) is 201 cm³/mol. The Hall–Kier alpha value is -5.50. The van der Waals surface area contributed by atoms with Crippen molar-refractivity contribution in [1.82, 2.24) is 24.8 Å². The number of ether oxygens (including phenoxy) is 2. The van der Waals surface area contributed by atoms with E-state index in [1.54, 1.807) is 17.2 Å². The van der Waals surface area contributed by atoms with E-state index in [0.29, 0.717) is 42.2 Å². The molecule has 2 aliphatic rings. The maximum Gasteiger partial charge on any atom is 0.387 e. The first-order chi connectivity index (χ1) is 26.2. The third kappa shape index (κ3) is 7.22. The summed E-state index contributed by atoms with van der Waals surface area (Å²) in [6.45, 7) is 5.81. The molecule has 0 saturated carbocycles. The van der Waals surface area contributed by atoms with Crippen molar-refractivity contribution in [1.29, 1.82) is 0 Å². The van der Waals surface area contributed by atoms with E-state index in [0.717, 1.165) is 82.8 Å². The van der Waals surface area contributed by atoms with Crippen LogP contribution >= 0.6 is 0 Å². The maximum atomic E-state index is 13.5. The molecule has 1 atom stereocenters. The minimum atomic E-state index is -3.06. The molecule has 0 spiro atoms. The number of anilines is 2. The van der Waals surface area contributed by atoms with Crippen LogP contribution in [0.1, 0.15) is 35.1 Å². The van der Waals surface area contributed by atoms with Crippen molar-refractivity contribution in [2.75, 3.05) is 38.2 Å². The molecule has 13 heteroatoms. The Morgan fingerprint density at radius 2 is 1.76 bits per heavy atom. The zero-order valence-corrected chi connectivity index (χ0v) is 30.0. The topological polar surface area (TPSA) is 126 Å². The van der Waals surface area contributed by atoms with Crippen molar-refractivity contribution in [2.45, 2.75) is 52.4 Å². The number of fused-ring (bicyclic) bond motifs is 2. The van der Waals surface area contributed by atoms with Crippen LogP contribution in [0.2, 0.25) is 0 Å². The summed E-state index contributed by atoms with van der Waals surface area (Å²) in [6.07, 6.45) is 4.92. The molecular formula is C41H40F2N6O5. The number of alkyl halides is 2. The van der Waals surface area contributed by atoms with Gasteiger partial charge in [-0.2, -0.15) is 8.78 Å². The quantitative estimate of drug-likeness (QED) is 0.135. The molecule has 278 valence electrons. The molecule has 5 heterocycles. The summed E-state index contributed by atoms with van der Waals surface area (Å²) in [5.74, 6) is 0.00273. The van der Waals surface area contributed by atoms with Gasteiger partial charge in [-0.25, -0.2) is 9.97 Å². The number of hydrogen-bond donors (Lipinski definition) is 2. The number of aromatic nitrogens is 3. The van der Waals surface area contributed by atoms with Gasteiger partial charge in [0.25, 0.3) is 0 Å². The van der Waals surface area contributed by atoms with E-state index < -0.39 is 18.6 Å². The summed E-state index contributed by atoms with van der Waals surface area (Å²) in [6, 6.07) is 18.5. The van der Waals surface area contributed by atoms with E-state index in [2.05, 4.69) is 34.3 Å². The van der Waals surface area contributed by atoms with E-state index in [1.165, 1.54) is 6.07 Å². The Morgan fingerprint density at radius 1 is 0.981 bits per heavy atom. The van der Waals surface area contributed by atoms with Crippen LogP contribution in [0.5, 0.6) is 5.75 Å². The molecule has 6 aromatic rings. The Bertz CT molecular complexity index is 2340. The number of aliphatic carboxylic acids is 1. The van der Waals surface area contributed by atoms with E-state index in [-0.39, 0.29) is 17.9 Å². The van der Waals surface area contributed by atoms with Crippen LogP contribution in [0.3, 0.4) is 0 Å². The van der Waals surface area contributed by atoms with Crippen LogP contribution in [-0.4, -0.2) is 81.3 Å². The number of halogens is 2. The van der Waals surface area contributed by atoms with Crippen molar-refractivity contribution >= 4 is 39.5 Å². The van der Waals surface area contributed by atoms with Crippen LogP contribution < -0.4 is 10.1 Å². The third-order valence-corrected chi connectivity index (χ3v) is 10.4. The summed E-state index contributed by atoms with van der Waals surface area (Å²) < 4.78 is 43.5. The van der Waals surface area contributed by atoms with Gasteiger partial charge in [-0.1, -0.05) is 24.3 Å². The maximum absolute atomic E-state index is 13.5. The molecule has 0 bridgehead atoms. The van der Waals surface area contributed by atoms with Crippen molar-refractivity contribution in [3.05, 3.63) is 95.3 Å². The Morgan fingerprint density at radius 3 is 2.56 bits per heavy atom. The second-order valence-electron chi connectivity index (χ2n) is 13.8. The number of carboxylic acid groups (broad SMARTS) is 1. The number of carbonyl (C=O) groups is 1. The fraction of sp³-hybridized carbons (Fsp3) is 0.317. The lowest BCUT2D eigenvalue weighted by molar-refractivity contribution is -0.142. The highest BCUT2D eigenvalue weighted by Crippen LogP contribution is 2.38. The number of nitrogens with zero attached hydrogens (tertiary/aromatic N) is 5. The highest BCUT2D eigenvalue weighted by Gasteiger charge is 2.31. The lowest BCUT2D eigenvalue weighted by Crippen LogP contribution is -2.35. The van der Waals surface area contributed by atoms with Crippen molar-refractivity contribution in [3.63, 3.8) is 0 Å². The monoisotopic (exact) mass is 734 g/mol. The van der Waals surface area contributed by atoms with E-state index in [4.69, 9.17) is 23.9 Å². The van der Waals surface area contributed by atoms with Crippen LogP contribution in [-0.2, 0) is 22.6 Å². The Labute approximate surface area is 310 Å². The molecule has 2 aliphatic heterocycles. The summed E-state index contributed by atoms with van der Waals surface area (Å²) >= 11 is 0. The van der Waals surface area contributed by atoms with Crippen LogP contribution in [0.4, 0.5) is 20.3 Å². The van der Waals surface area contributed by atoms with Gasteiger partial charge in [-0.05, 0) is 91.4 Å². The SMILES string of the molecule is Cc1c(Nc2nccc3cc(CN4CCOCC4)cnc23)cccc1-c1cccc(-c2nc3cc(CN4CCC[C@H]4C(=O)O)c(OC(F)F)cc3o2)c1C. The molecule has 0 aliphatic carbocycles. The molecule has 0 amide bonds. The molecule has 2 N–H and O–H groups in total. The summed E-state index contributed by atoms with van der Waals surface area (Å²) in [5, 5.41) is 14.2. The second-order valence-corrected chi connectivity index (χ2v) is 13.8. The first-order valence-electron chi connectivity index (χ1n) is 18.1. The van der Waals surface area contributed by atoms with Gasteiger partial charge >= 0.3 is 12.6 Å². The molecule has 11 nitrogen and oxygen atoms in total. The normalized spacial score (nSPS) is 16.8. The van der Waals surface area contributed by atoms with Gasteiger partial charge in [-0.3, -0.25) is 19.6 Å². The average Bonchev–Trinajstić information content (AvgIpc) is 3.80. The standard InChI is InChI=1S/C41H40F2N6O5/c1-24-29(30-7-4-9-32(25(30)2)46-38-37-27(11-12-44-38)18-26(21-45-37)22-48-14-16-52-17-15-48)6-3-8-31(24)39-47-33-19-28(23-49-13-5-10-34(49)40(50)51)35(54-41(42)43)20-36(33)53-39/h3-4,6-9,11-12,18-21,34,41H,5,10,13-17,22-23H2,1-2H3,(H,44,46)(H,50,51)/t34-/m0/s1. The number of carboxylic acids is 1. The van der Waals surface area contributed by atoms with Gasteiger partial charge in [-0.15, -0.1) is 0 Å². The third-order valence-electron chi connectivity index (χ3n) is 10.4. The van der Waals surface area contributed by atoms with E-state index in [1.807, 2.05) is 49.5 Å². The molecule has 2 fully saturated rings. The number of hydrogen-bond acceptors (Lipinski definition) is 10. The summed E-state index contributed by atoms with van der Waals surface area (Å²) in [4.78, 5) is 30.2. The van der Waals surface area contributed by atoms with Crippen LogP contribution in [0.25, 0.3) is 44.6 Å². The number of morpholine rings is 1. The molecule has 54 heavy (non-hydrogen) atoms. The molecular weight excluding hydrogens is 694 g/mol. The molecule has 8 rings (SSSR count). The first-order valence-corrected chi connectivity index (χ1v) is 18.1. The first kappa shape index (κ1) is 35.5. The van der Waals surface area contributed by atoms with Gasteiger partial charge < -0.3 is 24.3 Å². The zero-order valence-electron chi connectivity index (χ0n) is 30.0. The smallest absolute Gasteiger partial charge is 0.387 e. The summed E-state index contributed by atoms with van der Waals surface area (Å²) in [7, 11) is 0. The molecule has 0 unspecified atom stereocenters. The van der Waals surface area contributed by atoms with Crippen molar-refractivity contribution in [2.24, 2.45) is 0 Å². The number of benzene rings is 3. The predicted octanol–water partition coefficient (Wildman–Crippen LogP) is 7.95. The minimum absolute atomic E-state index is 0.0639. The second kappa shape index (κ2) is 15.1. The average molecular weight is 735 g/mol. The summed E-state index contributed by atoms with van der Waals surface area (Å²) in [5.41, 5.74) is 8.66. The van der Waals surface area contributed by atoms with Gasteiger partial charge in [0.1, 0.15) is 22.8 Å². The van der Waals surface area contributed by atoms with E-state index >= 15 is 0 Å². The van der Waals surface area contributed by atoms with Crippen LogP contribution in [0.15, 0.2) is 77.5 Å². The number of oxazole rings is 1. The van der Waals surface area contributed by atoms with Gasteiger partial charge in [0.05, 0.1) is 13.2 Å².